The number of phenolic OH excluding ortho intramolecular Hbond substituents is 2. The van der Waals surface area contributed by atoms with Gasteiger partial charge < -0.3 is 35.0 Å². The van der Waals surface area contributed by atoms with Gasteiger partial charge in [-0.25, -0.2) is 0 Å². The van der Waals surface area contributed by atoms with Gasteiger partial charge in [0.2, 0.25) is 0 Å². The maximum absolute atomic E-state index is 10.6. The monoisotopic (exact) mass is 376 g/mol. The number of ether oxygens (including phenoxy) is 2. The topological polar surface area (TPSA) is 120 Å². The number of aromatic hydroxyl groups is 2. The summed E-state index contributed by atoms with van der Waals surface area (Å²) in [5.74, 6) is 0.322. The molecule has 1 heterocycles. The van der Waals surface area contributed by atoms with E-state index in [1.807, 2.05) is 0 Å². The maximum Gasteiger partial charge on any atom is 0.160 e. The Morgan fingerprint density at radius 1 is 1.11 bits per heavy atom. The predicted molar refractivity (Wildman–Crippen MR) is 96.7 cm³/mol. The Labute approximate surface area is 157 Å². The Kier molecular flexibility index (Phi) is 5.86. The van der Waals surface area contributed by atoms with Crippen LogP contribution in [0, 0.1) is 0 Å². The Balaban J connectivity index is 1.77. The van der Waals surface area contributed by atoms with Gasteiger partial charge in [-0.2, -0.15) is 0 Å². The zero-order chi connectivity index (χ0) is 19.6. The molecule has 0 aromatic heterocycles. The van der Waals surface area contributed by atoms with Crippen LogP contribution in [-0.4, -0.2) is 57.1 Å². The van der Waals surface area contributed by atoms with Crippen LogP contribution in [0.3, 0.4) is 0 Å². The fourth-order valence-electron chi connectivity index (χ4n) is 3.30. The van der Waals surface area contributed by atoms with Gasteiger partial charge in [-0.3, -0.25) is 0 Å². The van der Waals surface area contributed by atoms with E-state index in [1.54, 1.807) is 18.2 Å². The van der Waals surface area contributed by atoms with Crippen molar-refractivity contribution < 1.29 is 35.0 Å². The number of aliphatic hydroxyl groups excluding tert-OH is 3. The van der Waals surface area contributed by atoms with Crippen LogP contribution in [0.15, 0.2) is 42.5 Å². The van der Waals surface area contributed by atoms with Gasteiger partial charge in [-0.05, 0) is 35.4 Å². The Hall–Kier alpha value is -2.32. The molecule has 0 spiro atoms. The van der Waals surface area contributed by atoms with Crippen LogP contribution in [0.4, 0.5) is 0 Å². The van der Waals surface area contributed by atoms with Crippen LogP contribution >= 0.6 is 0 Å². The molecule has 146 valence electrons. The smallest absolute Gasteiger partial charge is 0.160 e. The summed E-state index contributed by atoms with van der Waals surface area (Å²) in [6.07, 6.45) is -4.34. The second kappa shape index (κ2) is 8.14. The van der Waals surface area contributed by atoms with E-state index in [9.17, 15) is 25.5 Å². The third kappa shape index (κ3) is 4.33. The number of aliphatic hydroxyl groups is 3. The highest BCUT2D eigenvalue weighted by molar-refractivity contribution is 5.42. The van der Waals surface area contributed by atoms with E-state index < -0.39 is 30.5 Å². The Bertz CT molecular complexity index is 761. The highest BCUT2D eigenvalue weighted by Gasteiger charge is 2.40. The molecule has 1 aliphatic heterocycles. The van der Waals surface area contributed by atoms with Gasteiger partial charge in [0.05, 0.1) is 25.4 Å². The first kappa shape index (κ1) is 19.4. The number of benzene rings is 2. The summed E-state index contributed by atoms with van der Waals surface area (Å²) in [4.78, 5) is 0. The summed E-state index contributed by atoms with van der Waals surface area (Å²) in [6.45, 7) is 0. The number of hydrogen-bond acceptors (Lipinski definition) is 7. The number of hydrogen-bond donors (Lipinski definition) is 5. The van der Waals surface area contributed by atoms with Crippen molar-refractivity contribution in [1.82, 2.24) is 0 Å². The quantitative estimate of drug-likeness (QED) is 0.533. The molecule has 0 radical (unpaired) electrons. The molecule has 2 aromatic rings. The van der Waals surface area contributed by atoms with E-state index in [0.29, 0.717) is 5.56 Å². The molecule has 1 aliphatic rings. The zero-order valence-electron chi connectivity index (χ0n) is 14.9. The van der Waals surface area contributed by atoms with E-state index in [4.69, 9.17) is 9.47 Å². The normalized spacial score (nSPS) is 26.5. The van der Waals surface area contributed by atoms with E-state index in [2.05, 4.69) is 0 Å². The van der Waals surface area contributed by atoms with Gasteiger partial charge in [0.1, 0.15) is 18.0 Å². The predicted octanol–water partition coefficient (Wildman–Crippen LogP) is 1.26. The summed E-state index contributed by atoms with van der Waals surface area (Å²) in [7, 11) is 1.41. The summed E-state index contributed by atoms with van der Waals surface area (Å²) in [5, 5.41) is 50.3. The van der Waals surface area contributed by atoms with Crippen LogP contribution in [0.5, 0.6) is 17.2 Å². The first-order valence-electron chi connectivity index (χ1n) is 8.73. The molecule has 7 heteroatoms. The van der Waals surface area contributed by atoms with Gasteiger partial charge in [0.15, 0.2) is 11.5 Å². The lowest BCUT2D eigenvalue weighted by atomic mass is 9.89. The number of phenols is 2. The largest absolute Gasteiger partial charge is 0.508 e. The van der Waals surface area contributed by atoms with E-state index in [-0.39, 0.29) is 30.1 Å². The van der Waals surface area contributed by atoms with Crippen molar-refractivity contribution in [1.29, 1.82) is 0 Å². The van der Waals surface area contributed by atoms with Gasteiger partial charge in [-0.15, -0.1) is 0 Å². The average molecular weight is 376 g/mol. The molecule has 0 aliphatic carbocycles. The third-order valence-corrected chi connectivity index (χ3v) is 4.84. The van der Waals surface area contributed by atoms with Crippen LogP contribution in [0.2, 0.25) is 0 Å². The third-order valence-electron chi connectivity index (χ3n) is 4.84. The molecule has 5 N–H and O–H groups in total. The van der Waals surface area contributed by atoms with Gasteiger partial charge in [0, 0.05) is 12.8 Å². The lowest BCUT2D eigenvalue weighted by molar-refractivity contribution is -0.195. The zero-order valence-corrected chi connectivity index (χ0v) is 14.9. The van der Waals surface area contributed by atoms with E-state index in [1.165, 1.54) is 31.4 Å². The van der Waals surface area contributed by atoms with Crippen LogP contribution in [0.1, 0.15) is 23.7 Å². The van der Waals surface area contributed by atoms with Crippen molar-refractivity contribution in [2.45, 2.75) is 43.4 Å². The molecule has 0 saturated carbocycles. The van der Waals surface area contributed by atoms with Crippen molar-refractivity contribution >= 4 is 0 Å². The van der Waals surface area contributed by atoms with Crippen molar-refractivity contribution in [3.63, 3.8) is 0 Å². The molecule has 1 saturated heterocycles. The molecule has 7 nitrogen and oxygen atoms in total. The van der Waals surface area contributed by atoms with Gasteiger partial charge in [0.25, 0.3) is 0 Å². The van der Waals surface area contributed by atoms with Crippen LogP contribution in [-0.2, 0) is 11.2 Å². The fraction of sp³-hybridized carbons (Fsp3) is 0.400. The van der Waals surface area contributed by atoms with Crippen molar-refractivity contribution in [2.75, 3.05) is 7.11 Å². The Morgan fingerprint density at radius 3 is 2.48 bits per heavy atom. The molecule has 1 fully saturated rings. The molecular weight excluding hydrogens is 352 g/mol. The average Bonchev–Trinajstić information content (AvgIpc) is 2.66. The summed E-state index contributed by atoms with van der Waals surface area (Å²) in [5.41, 5.74) is 1.34. The molecule has 2 aromatic carbocycles. The van der Waals surface area contributed by atoms with Crippen molar-refractivity contribution in [2.24, 2.45) is 0 Å². The number of rotatable bonds is 5. The SMILES string of the molecule is COc1cc([C@@H]2O[C@H]([C@@H](O)Cc3ccc(O)cc3)C[C@@H](O)[C@@H]2O)ccc1O. The fourth-order valence-corrected chi connectivity index (χ4v) is 3.30. The lowest BCUT2D eigenvalue weighted by Gasteiger charge is -2.39. The summed E-state index contributed by atoms with van der Waals surface area (Å²) >= 11 is 0. The molecule has 3 rings (SSSR count). The highest BCUT2D eigenvalue weighted by atomic mass is 16.5. The minimum atomic E-state index is -1.17. The molecule has 0 bridgehead atoms. The minimum Gasteiger partial charge on any atom is -0.508 e. The minimum absolute atomic E-state index is 0.0454. The highest BCUT2D eigenvalue weighted by Crippen LogP contribution is 2.37. The number of methoxy groups -OCH3 is 1. The standard InChI is InChI=1S/C20H24O7/c1-26-17-9-12(4-7-14(17)22)20-19(25)16(24)10-18(27-20)15(23)8-11-2-5-13(21)6-3-11/h2-7,9,15-16,18-25H,8,10H2,1H3/t15-,16+,18-,19-,20-/m0/s1. The Morgan fingerprint density at radius 2 is 1.81 bits per heavy atom. The first-order chi connectivity index (χ1) is 12.9. The van der Waals surface area contributed by atoms with Gasteiger partial charge in [-0.1, -0.05) is 18.2 Å². The molecule has 0 amide bonds. The van der Waals surface area contributed by atoms with Gasteiger partial charge >= 0.3 is 0 Å². The second-order valence-electron chi connectivity index (χ2n) is 6.76. The van der Waals surface area contributed by atoms with E-state index in [0.717, 1.165) is 5.56 Å². The van der Waals surface area contributed by atoms with E-state index >= 15 is 0 Å². The maximum atomic E-state index is 10.6. The van der Waals surface area contributed by atoms with Crippen LogP contribution < -0.4 is 4.74 Å². The molecule has 0 unspecified atom stereocenters. The first-order valence-corrected chi connectivity index (χ1v) is 8.73. The molecule has 5 atom stereocenters. The molecule has 27 heavy (non-hydrogen) atoms. The van der Waals surface area contributed by atoms with Crippen molar-refractivity contribution in [3.8, 4) is 17.2 Å². The lowest BCUT2D eigenvalue weighted by Crippen LogP contribution is -2.48. The summed E-state index contributed by atoms with van der Waals surface area (Å²) in [6, 6.07) is 11.0. The van der Waals surface area contributed by atoms with Crippen LogP contribution in [0.25, 0.3) is 0 Å². The molecular formula is C20H24O7. The summed E-state index contributed by atoms with van der Waals surface area (Å²) < 4.78 is 11.0. The second-order valence-corrected chi connectivity index (χ2v) is 6.76. The van der Waals surface area contributed by atoms with Crippen molar-refractivity contribution in [3.05, 3.63) is 53.6 Å².